The van der Waals surface area contributed by atoms with E-state index in [1.54, 1.807) is 48.8 Å². The van der Waals surface area contributed by atoms with E-state index in [2.05, 4.69) is 9.98 Å². The van der Waals surface area contributed by atoms with Gasteiger partial charge in [-0.1, -0.05) is 48.0 Å². The highest BCUT2D eigenvalue weighted by Crippen LogP contribution is 2.27. The minimum Gasteiger partial charge on any atom is -0.507 e. The summed E-state index contributed by atoms with van der Waals surface area (Å²) in [6.45, 7) is 1.95. The summed E-state index contributed by atoms with van der Waals surface area (Å²) < 4.78 is 0. The molecule has 4 nitrogen and oxygen atoms in total. The van der Waals surface area contributed by atoms with E-state index in [1.165, 1.54) is 0 Å². The molecule has 0 aliphatic heterocycles. The van der Waals surface area contributed by atoms with Crippen LogP contribution in [0.1, 0.15) is 29.7 Å². The zero-order valence-corrected chi connectivity index (χ0v) is 16.2. The Morgan fingerprint density at radius 1 is 0.786 bits per heavy atom. The molecule has 0 radical (unpaired) electrons. The lowest BCUT2D eigenvalue weighted by Crippen LogP contribution is -2.12. The average molecular weight is 393 g/mol. The highest BCUT2D eigenvalue weighted by Gasteiger charge is 2.17. The van der Waals surface area contributed by atoms with Crippen molar-refractivity contribution in [2.24, 2.45) is 9.98 Å². The molecule has 0 heterocycles. The van der Waals surface area contributed by atoms with Crippen LogP contribution >= 0.6 is 11.6 Å². The van der Waals surface area contributed by atoms with Crippen LogP contribution in [0.4, 0.5) is 0 Å². The van der Waals surface area contributed by atoms with Gasteiger partial charge in [0.05, 0.1) is 12.1 Å². The van der Waals surface area contributed by atoms with Crippen molar-refractivity contribution in [2.75, 3.05) is 0 Å². The van der Waals surface area contributed by atoms with Crippen LogP contribution in [0.5, 0.6) is 11.5 Å². The molecule has 0 saturated carbocycles. The van der Waals surface area contributed by atoms with E-state index in [1.807, 2.05) is 43.3 Å². The first-order valence-electron chi connectivity index (χ1n) is 8.92. The molecule has 3 rings (SSSR count). The Balaban J connectivity index is 1.91. The minimum atomic E-state index is -0.305. The first-order chi connectivity index (χ1) is 13.5. The predicted octanol–water partition coefficient (Wildman–Crippen LogP) is 5.42. The molecule has 0 bridgehead atoms. The quantitative estimate of drug-likeness (QED) is 0.550. The largest absolute Gasteiger partial charge is 0.507 e. The summed E-state index contributed by atoms with van der Waals surface area (Å²) in [5, 5.41) is 20.5. The lowest BCUT2D eigenvalue weighted by molar-refractivity contribution is 0.473. The summed E-state index contributed by atoms with van der Waals surface area (Å²) in [5.41, 5.74) is 2.19. The molecule has 0 aromatic heterocycles. The molecular weight excluding hydrogens is 372 g/mol. The first kappa shape index (κ1) is 19.6. The van der Waals surface area contributed by atoms with Gasteiger partial charge in [-0.15, -0.1) is 0 Å². The highest BCUT2D eigenvalue weighted by molar-refractivity contribution is 6.30. The number of hydrogen-bond donors (Lipinski definition) is 2. The van der Waals surface area contributed by atoms with Crippen molar-refractivity contribution in [1.82, 2.24) is 0 Å². The fourth-order valence-corrected chi connectivity index (χ4v) is 3.01. The van der Waals surface area contributed by atoms with Gasteiger partial charge in [0.15, 0.2) is 0 Å². The number of para-hydroxylation sites is 2. The number of aromatic hydroxyl groups is 2. The summed E-state index contributed by atoms with van der Waals surface area (Å²) in [7, 11) is 0. The molecule has 5 heteroatoms. The van der Waals surface area contributed by atoms with Crippen molar-refractivity contribution in [2.45, 2.75) is 19.0 Å². The van der Waals surface area contributed by atoms with Gasteiger partial charge < -0.3 is 10.2 Å². The van der Waals surface area contributed by atoms with Crippen molar-refractivity contribution >= 4 is 24.0 Å². The fourth-order valence-electron chi connectivity index (χ4n) is 2.81. The van der Waals surface area contributed by atoms with Gasteiger partial charge in [-0.25, -0.2) is 0 Å². The Morgan fingerprint density at radius 3 is 1.93 bits per heavy atom. The Kier molecular flexibility index (Phi) is 6.45. The molecule has 2 N–H and O–H groups in total. The van der Waals surface area contributed by atoms with Crippen LogP contribution in [0.15, 0.2) is 82.8 Å². The molecule has 0 amide bonds. The molecule has 142 valence electrons. The molecule has 0 unspecified atom stereocenters. The monoisotopic (exact) mass is 392 g/mol. The van der Waals surface area contributed by atoms with E-state index in [0.29, 0.717) is 16.1 Å². The van der Waals surface area contributed by atoms with Gasteiger partial charge in [-0.05, 0) is 48.9 Å². The Bertz CT molecular complexity index is 1000. The van der Waals surface area contributed by atoms with Gasteiger partial charge >= 0.3 is 0 Å². The van der Waals surface area contributed by atoms with Gasteiger partial charge in [0.2, 0.25) is 0 Å². The second-order valence-electron chi connectivity index (χ2n) is 6.41. The van der Waals surface area contributed by atoms with E-state index >= 15 is 0 Å². The second-order valence-corrected chi connectivity index (χ2v) is 6.85. The van der Waals surface area contributed by atoms with Crippen LogP contribution in [-0.4, -0.2) is 28.7 Å². The Morgan fingerprint density at radius 2 is 1.36 bits per heavy atom. The summed E-state index contributed by atoms with van der Waals surface area (Å²) in [6.07, 6.45) is 3.29. The highest BCUT2D eigenvalue weighted by atomic mass is 35.5. The molecule has 3 aromatic carbocycles. The molecule has 0 aliphatic carbocycles. The maximum absolute atomic E-state index is 9.99. The number of halogens is 1. The van der Waals surface area contributed by atoms with Crippen LogP contribution in [-0.2, 0) is 0 Å². The number of hydrogen-bond acceptors (Lipinski definition) is 4. The standard InChI is InChI=1S/C23H21ClN2O2/c1-16(25-14-18-7-2-4-11-21(18)27)23(17-9-6-10-20(24)13-17)26-15-19-8-3-5-12-22(19)28/h2-16,23,27-28H,1H3/t16-,23+/m0/s1. The lowest BCUT2D eigenvalue weighted by Gasteiger charge is -2.18. The normalized spacial score (nSPS) is 13.8. The van der Waals surface area contributed by atoms with Gasteiger partial charge in [0.1, 0.15) is 11.5 Å². The van der Waals surface area contributed by atoms with E-state index in [-0.39, 0.29) is 23.6 Å². The lowest BCUT2D eigenvalue weighted by atomic mass is 10.0. The zero-order chi connectivity index (χ0) is 19.9. The predicted molar refractivity (Wildman–Crippen MR) is 115 cm³/mol. The van der Waals surface area contributed by atoms with E-state index in [9.17, 15) is 10.2 Å². The zero-order valence-electron chi connectivity index (χ0n) is 15.4. The Hall–Kier alpha value is -3.11. The van der Waals surface area contributed by atoms with Crippen LogP contribution in [0.25, 0.3) is 0 Å². The third kappa shape index (κ3) is 4.99. The van der Waals surface area contributed by atoms with Crippen LogP contribution in [0, 0.1) is 0 Å². The van der Waals surface area contributed by atoms with Gasteiger partial charge in [0.25, 0.3) is 0 Å². The van der Waals surface area contributed by atoms with Crippen molar-refractivity contribution in [3.63, 3.8) is 0 Å². The number of rotatable bonds is 6. The maximum Gasteiger partial charge on any atom is 0.124 e. The van der Waals surface area contributed by atoms with Gasteiger partial charge in [-0.3, -0.25) is 9.98 Å². The van der Waals surface area contributed by atoms with Gasteiger partial charge in [0, 0.05) is 28.6 Å². The van der Waals surface area contributed by atoms with Crippen molar-refractivity contribution < 1.29 is 10.2 Å². The Labute approximate surface area is 169 Å². The summed E-state index contributed by atoms with van der Waals surface area (Å²) in [4.78, 5) is 9.27. The summed E-state index contributed by atoms with van der Waals surface area (Å²) in [6, 6.07) is 21.0. The molecule has 2 atom stereocenters. The second kappa shape index (κ2) is 9.20. The topological polar surface area (TPSA) is 65.2 Å². The summed E-state index contributed by atoms with van der Waals surface area (Å²) >= 11 is 6.17. The minimum absolute atomic E-state index is 0.168. The molecule has 0 aliphatic rings. The maximum atomic E-state index is 9.99. The van der Waals surface area contributed by atoms with Crippen molar-refractivity contribution in [3.8, 4) is 11.5 Å². The fraction of sp³-hybridized carbons (Fsp3) is 0.130. The smallest absolute Gasteiger partial charge is 0.124 e. The van der Waals surface area contributed by atoms with Crippen LogP contribution in [0.3, 0.4) is 0 Å². The number of benzene rings is 3. The molecule has 3 aromatic rings. The summed E-state index contributed by atoms with van der Waals surface area (Å²) in [5.74, 6) is 0.344. The van der Waals surface area contributed by atoms with Crippen LogP contribution in [0.2, 0.25) is 5.02 Å². The molecule has 0 saturated heterocycles. The number of phenols is 2. The molecular formula is C23H21ClN2O2. The van der Waals surface area contributed by atoms with E-state index in [0.717, 1.165) is 5.56 Å². The van der Waals surface area contributed by atoms with E-state index < -0.39 is 0 Å². The third-order valence-electron chi connectivity index (χ3n) is 4.34. The van der Waals surface area contributed by atoms with E-state index in [4.69, 9.17) is 11.6 Å². The van der Waals surface area contributed by atoms with Gasteiger partial charge in [-0.2, -0.15) is 0 Å². The molecule has 0 fully saturated rings. The number of nitrogens with zero attached hydrogens (tertiary/aromatic N) is 2. The van der Waals surface area contributed by atoms with Crippen molar-refractivity contribution in [1.29, 1.82) is 0 Å². The molecule has 28 heavy (non-hydrogen) atoms. The average Bonchev–Trinajstić information content (AvgIpc) is 2.69. The third-order valence-corrected chi connectivity index (χ3v) is 4.58. The molecule has 0 spiro atoms. The SMILES string of the molecule is C[C@H](N=Cc1ccccc1O)[C@@H](N=Cc1ccccc1O)c1cccc(Cl)c1. The number of aliphatic imine (C=N–C) groups is 2. The van der Waals surface area contributed by atoms with Crippen LogP contribution < -0.4 is 0 Å². The number of phenolic OH excluding ortho intramolecular Hbond substituents is 2. The first-order valence-corrected chi connectivity index (χ1v) is 9.30. The van der Waals surface area contributed by atoms with Crippen molar-refractivity contribution in [3.05, 3.63) is 94.5 Å².